The number of benzene rings is 1. The summed E-state index contributed by atoms with van der Waals surface area (Å²) >= 11 is 3.46. The van der Waals surface area contributed by atoms with Crippen LogP contribution in [0.2, 0.25) is 0 Å². The van der Waals surface area contributed by atoms with Crippen LogP contribution in [0.5, 0.6) is 0 Å². The van der Waals surface area contributed by atoms with Gasteiger partial charge in [-0.3, -0.25) is 0 Å². The Bertz CT molecular complexity index is 552. The highest BCUT2D eigenvalue weighted by molar-refractivity contribution is 9.10. The molecule has 0 bridgehead atoms. The number of nitrogens with zero attached hydrogens (tertiary/aromatic N) is 2. The Morgan fingerprint density at radius 3 is 2.78 bits per heavy atom. The minimum absolute atomic E-state index is 0.314. The largest absolute Gasteiger partial charge is 0.396 e. The third-order valence-electron chi connectivity index (χ3n) is 2.70. The average Bonchev–Trinajstić information content (AvgIpc) is 2.31. The van der Waals surface area contributed by atoms with Crippen LogP contribution in [0.4, 0.5) is 5.69 Å². The molecule has 1 heterocycles. The van der Waals surface area contributed by atoms with E-state index in [4.69, 9.17) is 5.73 Å². The normalized spacial score (nSPS) is 10.9. The Morgan fingerprint density at radius 2 is 2.11 bits per heavy atom. The van der Waals surface area contributed by atoms with E-state index in [9.17, 15) is 0 Å². The molecular weight excluding hydrogens is 290 g/mol. The summed E-state index contributed by atoms with van der Waals surface area (Å²) < 4.78 is 1.07. The van der Waals surface area contributed by atoms with E-state index in [0.29, 0.717) is 11.6 Å². The van der Waals surface area contributed by atoms with Crippen LogP contribution in [-0.2, 0) is 6.42 Å². The molecule has 18 heavy (non-hydrogen) atoms. The minimum atomic E-state index is 0.314. The fourth-order valence-corrected chi connectivity index (χ4v) is 2.27. The van der Waals surface area contributed by atoms with Crippen molar-refractivity contribution in [1.82, 2.24) is 9.97 Å². The first kappa shape index (κ1) is 13.0. The molecule has 0 aliphatic heterocycles. The lowest BCUT2D eigenvalue weighted by molar-refractivity contribution is 0.796. The molecule has 0 radical (unpaired) electrons. The van der Waals surface area contributed by atoms with Gasteiger partial charge in [0.15, 0.2) is 0 Å². The van der Waals surface area contributed by atoms with Crippen molar-refractivity contribution in [3.63, 3.8) is 0 Å². The van der Waals surface area contributed by atoms with Gasteiger partial charge in [-0.25, -0.2) is 9.97 Å². The predicted molar refractivity (Wildman–Crippen MR) is 77.5 cm³/mol. The molecule has 0 saturated carbocycles. The van der Waals surface area contributed by atoms with Gasteiger partial charge < -0.3 is 5.73 Å². The minimum Gasteiger partial charge on any atom is -0.396 e. The van der Waals surface area contributed by atoms with E-state index in [-0.39, 0.29) is 0 Å². The third-order valence-corrected chi connectivity index (χ3v) is 3.19. The summed E-state index contributed by atoms with van der Waals surface area (Å²) in [6, 6.07) is 8.17. The highest BCUT2D eigenvalue weighted by atomic mass is 79.9. The number of anilines is 1. The molecule has 4 heteroatoms. The molecule has 2 N–H and O–H groups in total. The molecule has 0 aliphatic carbocycles. The van der Waals surface area contributed by atoms with Crippen LogP contribution in [0.1, 0.15) is 36.8 Å². The first-order valence-corrected chi connectivity index (χ1v) is 6.71. The van der Waals surface area contributed by atoms with Crippen LogP contribution >= 0.6 is 15.9 Å². The van der Waals surface area contributed by atoms with E-state index in [0.717, 1.165) is 22.4 Å². The highest BCUT2D eigenvalue weighted by Gasteiger charge is 2.09. The summed E-state index contributed by atoms with van der Waals surface area (Å²) in [6.07, 6.45) is 2.43. The molecule has 2 aromatic rings. The van der Waals surface area contributed by atoms with E-state index < -0.39 is 0 Å². The smallest absolute Gasteiger partial charge is 0.133 e. The van der Waals surface area contributed by atoms with E-state index in [1.54, 1.807) is 6.20 Å². The fraction of sp³-hybridized carbons (Fsp3) is 0.286. The summed E-state index contributed by atoms with van der Waals surface area (Å²) in [4.78, 5) is 8.84. The standard InChI is InChI=1S/C14H16BrN3/c1-9(2)14-12(16)8-17-13(18-14)7-10-4-3-5-11(15)6-10/h3-6,8-9H,7,16H2,1-2H3. The zero-order valence-corrected chi connectivity index (χ0v) is 12.1. The maximum atomic E-state index is 5.88. The molecule has 0 fully saturated rings. The van der Waals surface area contributed by atoms with Gasteiger partial charge in [0, 0.05) is 10.9 Å². The first-order valence-electron chi connectivity index (χ1n) is 5.92. The Balaban J connectivity index is 2.27. The SMILES string of the molecule is CC(C)c1nc(Cc2cccc(Br)c2)ncc1N. The van der Waals surface area contributed by atoms with Crippen molar-refractivity contribution in [2.75, 3.05) is 5.73 Å². The molecule has 94 valence electrons. The molecule has 0 amide bonds. The second-order valence-corrected chi connectivity index (χ2v) is 5.50. The van der Waals surface area contributed by atoms with E-state index in [1.807, 2.05) is 12.1 Å². The van der Waals surface area contributed by atoms with Crippen LogP contribution in [0.3, 0.4) is 0 Å². The highest BCUT2D eigenvalue weighted by Crippen LogP contribution is 2.19. The molecule has 0 aliphatic rings. The second kappa shape index (κ2) is 5.48. The first-order chi connectivity index (χ1) is 8.56. The van der Waals surface area contributed by atoms with E-state index >= 15 is 0 Å². The van der Waals surface area contributed by atoms with Crippen LogP contribution in [0.25, 0.3) is 0 Å². The number of hydrogen-bond acceptors (Lipinski definition) is 3. The Hall–Kier alpha value is -1.42. The Labute approximate surface area is 116 Å². The van der Waals surface area contributed by atoms with Gasteiger partial charge in [0.05, 0.1) is 17.6 Å². The van der Waals surface area contributed by atoms with Gasteiger partial charge in [0.2, 0.25) is 0 Å². The summed E-state index contributed by atoms with van der Waals surface area (Å²) in [5.74, 6) is 1.13. The van der Waals surface area contributed by atoms with E-state index in [2.05, 4.69) is 51.9 Å². The second-order valence-electron chi connectivity index (χ2n) is 4.59. The Kier molecular flexibility index (Phi) is 3.97. The van der Waals surface area contributed by atoms with Crippen LogP contribution in [0, 0.1) is 0 Å². The molecule has 2 rings (SSSR count). The maximum absolute atomic E-state index is 5.88. The predicted octanol–water partition coefficient (Wildman–Crippen LogP) is 3.54. The molecule has 0 saturated heterocycles. The van der Waals surface area contributed by atoms with Crippen molar-refractivity contribution in [2.24, 2.45) is 0 Å². The van der Waals surface area contributed by atoms with Crippen molar-refractivity contribution in [2.45, 2.75) is 26.2 Å². The number of nitrogen functional groups attached to an aromatic ring is 1. The van der Waals surface area contributed by atoms with Crippen molar-refractivity contribution in [1.29, 1.82) is 0 Å². The van der Waals surface area contributed by atoms with Crippen molar-refractivity contribution < 1.29 is 0 Å². The van der Waals surface area contributed by atoms with Gasteiger partial charge in [-0.15, -0.1) is 0 Å². The lowest BCUT2D eigenvalue weighted by Gasteiger charge is -2.09. The molecule has 0 unspecified atom stereocenters. The van der Waals surface area contributed by atoms with Crippen LogP contribution in [0.15, 0.2) is 34.9 Å². The number of aromatic nitrogens is 2. The van der Waals surface area contributed by atoms with Crippen molar-refractivity contribution in [3.05, 3.63) is 52.0 Å². The molecule has 0 atom stereocenters. The van der Waals surface area contributed by atoms with Crippen molar-refractivity contribution >= 4 is 21.6 Å². The summed E-state index contributed by atoms with van der Waals surface area (Å²) in [7, 11) is 0. The zero-order valence-electron chi connectivity index (χ0n) is 10.5. The van der Waals surface area contributed by atoms with Gasteiger partial charge in [0.1, 0.15) is 5.82 Å². The van der Waals surface area contributed by atoms with Gasteiger partial charge in [0.25, 0.3) is 0 Å². The van der Waals surface area contributed by atoms with E-state index in [1.165, 1.54) is 5.56 Å². The number of rotatable bonds is 3. The van der Waals surface area contributed by atoms with Crippen LogP contribution < -0.4 is 5.73 Å². The maximum Gasteiger partial charge on any atom is 0.133 e. The topological polar surface area (TPSA) is 51.8 Å². The molecule has 1 aromatic carbocycles. The third kappa shape index (κ3) is 3.07. The molecule has 0 spiro atoms. The van der Waals surface area contributed by atoms with Crippen molar-refractivity contribution in [3.8, 4) is 0 Å². The summed E-state index contributed by atoms with van der Waals surface area (Å²) in [5.41, 5.74) is 8.65. The number of halogens is 1. The fourth-order valence-electron chi connectivity index (χ4n) is 1.82. The summed E-state index contributed by atoms with van der Waals surface area (Å²) in [5, 5.41) is 0. The lowest BCUT2D eigenvalue weighted by atomic mass is 10.1. The Morgan fingerprint density at radius 1 is 1.33 bits per heavy atom. The molecule has 3 nitrogen and oxygen atoms in total. The number of nitrogens with two attached hydrogens (primary N) is 1. The zero-order chi connectivity index (χ0) is 13.1. The number of hydrogen-bond donors (Lipinski definition) is 1. The van der Waals surface area contributed by atoms with Gasteiger partial charge in [-0.1, -0.05) is 41.9 Å². The van der Waals surface area contributed by atoms with Gasteiger partial charge in [-0.05, 0) is 23.6 Å². The molecular formula is C14H16BrN3. The quantitative estimate of drug-likeness (QED) is 0.943. The lowest BCUT2D eigenvalue weighted by Crippen LogP contribution is -2.06. The van der Waals surface area contributed by atoms with Gasteiger partial charge >= 0.3 is 0 Å². The molecule has 1 aromatic heterocycles. The van der Waals surface area contributed by atoms with Gasteiger partial charge in [-0.2, -0.15) is 0 Å². The average molecular weight is 306 g/mol. The summed E-state index contributed by atoms with van der Waals surface area (Å²) in [6.45, 7) is 4.17. The monoisotopic (exact) mass is 305 g/mol. The van der Waals surface area contributed by atoms with Crippen LogP contribution in [-0.4, -0.2) is 9.97 Å².